The van der Waals surface area contributed by atoms with E-state index in [-0.39, 0.29) is 5.91 Å². The van der Waals surface area contributed by atoms with Gasteiger partial charge in [0.1, 0.15) is 5.01 Å². The largest absolute Gasteiger partial charge is 0.301 e. The lowest BCUT2D eigenvalue weighted by Crippen LogP contribution is -2.14. The third-order valence-corrected chi connectivity index (χ3v) is 5.24. The first kappa shape index (κ1) is 18.4. The van der Waals surface area contributed by atoms with E-state index in [1.54, 1.807) is 0 Å². The lowest BCUT2D eigenvalue weighted by molar-refractivity contribution is -0.116. The van der Waals surface area contributed by atoms with Gasteiger partial charge >= 0.3 is 0 Å². The number of hydrogen-bond donors (Lipinski definition) is 1. The van der Waals surface area contributed by atoms with Crippen molar-refractivity contribution in [2.45, 2.75) is 59.8 Å². The predicted molar refractivity (Wildman–Crippen MR) is 103 cm³/mol. The molecule has 0 saturated heterocycles. The Kier molecular flexibility index (Phi) is 5.61. The second kappa shape index (κ2) is 7.90. The van der Waals surface area contributed by atoms with Gasteiger partial charge in [-0.1, -0.05) is 24.7 Å². The summed E-state index contributed by atoms with van der Waals surface area (Å²) >= 11 is 1.45. The van der Waals surface area contributed by atoms with Gasteiger partial charge in [-0.3, -0.25) is 4.79 Å². The molecule has 0 aliphatic rings. The zero-order valence-electron chi connectivity index (χ0n) is 15.7. The number of aromatic nitrogens is 5. The molecular weight excluding hydrogens is 348 g/mol. The molecule has 0 saturated carbocycles. The van der Waals surface area contributed by atoms with Crippen LogP contribution in [0.15, 0.2) is 6.07 Å². The molecular formula is C18H24N6OS. The van der Waals surface area contributed by atoms with Gasteiger partial charge in [-0.25, -0.2) is 9.50 Å². The number of fused-ring (bicyclic) bond motifs is 1. The quantitative estimate of drug-likeness (QED) is 0.687. The Labute approximate surface area is 156 Å². The maximum Gasteiger partial charge on any atom is 0.226 e. The molecule has 7 nitrogen and oxygen atoms in total. The van der Waals surface area contributed by atoms with Gasteiger partial charge in [-0.2, -0.15) is 5.10 Å². The fourth-order valence-corrected chi connectivity index (χ4v) is 3.75. The SMILES string of the molecule is CCCCc1nnc(NC(=O)CCc2c(C)nc3cc(C)nn3c2C)s1. The molecule has 0 atom stereocenters. The molecule has 3 heterocycles. The molecule has 3 aromatic heterocycles. The lowest BCUT2D eigenvalue weighted by Gasteiger charge is -2.10. The van der Waals surface area contributed by atoms with Crippen molar-refractivity contribution < 1.29 is 4.79 Å². The zero-order valence-corrected chi connectivity index (χ0v) is 16.5. The van der Waals surface area contributed by atoms with Crippen molar-refractivity contribution in [1.82, 2.24) is 24.8 Å². The summed E-state index contributed by atoms with van der Waals surface area (Å²) in [5, 5.41) is 17.0. The van der Waals surface area contributed by atoms with Crippen LogP contribution in [0, 0.1) is 20.8 Å². The summed E-state index contributed by atoms with van der Waals surface area (Å²) < 4.78 is 1.85. The van der Waals surface area contributed by atoms with Crippen molar-refractivity contribution in [3.05, 3.63) is 33.7 Å². The summed E-state index contributed by atoms with van der Waals surface area (Å²) in [7, 11) is 0. The van der Waals surface area contributed by atoms with Gasteiger partial charge in [0.05, 0.1) is 5.69 Å². The summed E-state index contributed by atoms with van der Waals surface area (Å²) in [4.78, 5) is 16.9. The fourth-order valence-electron chi connectivity index (χ4n) is 2.96. The molecule has 0 aromatic carbocycles. The molecule has 0 unspecified atom stereocenters. The van der Waals surface area contributed by atoms with Gasteiger partial charge in [0.2, 0.25) is 11.0 Å². The highest BCUT2D eigenvalue weighted by Gasteiger charge is 2.14. The van der Waals surface area contributed by atoms with E-state index in [0.29, 0.717) is 18.0 Å². The smallest absolute Gasteiger partial charge is 0.226 e. The Morgan fingerprint density at radius 1 is 1.23 bits per heavy atom. The summed E-state index contributed by atoms with van der Waals surface area (Å²) in [6, 6.07) is 1.96. The number of unbranched alkanes of at least 4 members (excludes halogenated alkanes) is 1. The standard InChI is InChI=1S/C18H24N6OS/c1-5-6-7-17-21-22-18(26-17)20-16(25)9-8-14-12(3)19-15-10-11(2)23-24(15)13(14)4/h10H,5-9H2,1-4H3,(H,20,22,25). The maximum absolute atomic E-state index is 12.3. The van der Waals surface area contributed by atoms with Crippen LogP contribution in [-0.2, 0) is 17.6 Å². The van der Waals surface area contributed by atoms with Gasteiger partial charge in [-0.05, 0) is 39.2 Å². The monoisotopic (exact) mass is 372 g/mol. The Balaban J connectivity index is 1.64. The van der Waals surface area contributed by atoms with Crippen molar-refractivity contribution in [1.29, 1.82) is 0 Å². The number of carbonyl (C=O) groups is 1. The van der Waals surface area contributed by atoms with E-state index < -0.39 is 0 Å². The summed E-state index contributed by atoms with van der Waals surface area (Å²) in [6.45, 7) is 8.09. The molecule has 0 spiro atoms. The molecule has 0 radical (unpaired) electrons. The predicted octanol–water partition coefficient (Wildman–Crippen LogP) is 3.42. The maximum atomic E-state index is 12.3. The molecule has 0 fully saturated rings. The van der Waals surface area contributed by atoms with Crippen LogP contribution in [0.1, 0.15) is 53.8 Å². The van der Waals surface area contributed by atoms with Crippen molar-refractivity contribution in [3.63, 3.8) is 0 Å². The number of hydrogen-bond acceptors (Lipinski definition) is 6. The summed E-state index contributed by atoms with van der Waals surface area (Å²) in [5.74, 6) is -0.0567. The van der Waals surface area contributed by atoms with Crippen LogP contribution < -0.4 is 5.32 Å². The average Bonchev–Trinajstić information content (AvgIpc) is 3.18. The average molecular weight is 372 g/mol. The number of nitrogens with one attached hydrogen (secondary N) is 1. The third kappa shape index (κ3) is 4.07. The van der Waals surface area contributed by atoms with Crippen molar-refractivity contribution in [3.8, 4) is 0 Å². The van der Waals surface area contributed by atoms with Gasteiger partial charge in [-0.15, -0.1) is 10.2 Å². The number of carbonyl (C=O) groups excluding carboxylic acids is 1. The fraction of sp³-hybridized carbons (Fsp3) is 0.500. The molecule has 26 heavy (non-hydrogen) atoms. The summed E-state index contributed by atoms with van der Waals surface area (Å²) in [6.07, 6.45) is 4.11. The zero-order chi connectivity index (χ0) is 18.7. The van der Waals surface area contributed by atoms with E-state index in [1.807, 2.05) is 31.4 Å². The number of rotatable bonds is 7. The number of nitrogens with zero attached hydrogens (tertiary/aromatic N) is 5. The van der Waals surface area contributed by atoms with Crippen LogP contribution in [0.4, 0.5) is 5.13 Å². The molecule has 3 aromatic rings. The molecule has 8 heteroatoms. The highest BCUT2D eigenvalue weighted by atomic mass is 32.1. The van der Waals surface area contributed by atoms with Crippen LogP contribution in [-0.4, -0.2) is 30.7 Å². The van der Waals surface area contributed by atoms with Gasteiger partial charge in [0.15, 0.2) is 5.65 Å². The highest BCUT2D eigenvalue weighted by molar-refractivity contribution is 7.15. The third-order valence-electron chi connectivity index (χ3n) is 4.35. The van der Waals surface area contributed by atoms with Crippen LogP contribution in [0.2, 0.25) is 0 Å². The molecule has 138 valence electrons. The molecule has 3 rings (SSSR count). The number of aryl methyl sites for hydroxylation is 4. The molecule has 1 N–H and O–H groups in total. The van der Waals surface area contributed by atoms with Crippen LogP contribution in [0.3, 0.4) is 0 Å². The first-order valence-electron chi connectivity index (χ1n) is 8.92. The normalized spacial score (nSPS) is 11.2. The second-order valence-electron chi connectivity index (χ2n) is 6.47. The molecule has 0 aliphatic heterocycles. The van der Waals surface area contributed by atoms with Gasteiger partial charge in [0.25, 0.3) is 0 Å². The summed E-state index contributed by atoms with van der Waals surface area (Å²) in [5.41, 5.74) is 4.83. The Morgan fingerprint density at radius 3 is 2.81 bits per heavy atom. The number of amides is 1. The van der Waals surface area contributed by atoms with Crippen LogP contribution >= 0.6 is 11.3 Å². The first-order chi connectivity index (χ1) is 12.5. The molecule has 0 bridgehead atoms. The Bertz CT molecular complexity index is 929. The second-order valence-corrected chi connectivity index (χ2v) is 7.53. The number of anilines is 1. The van der Waals surface area contributed by atoms with Crippen molar-refractivity contribution in [2.24, 2.45) is 0 Å². The van der Waals surface area contributed by atoms with Crippen molar-refractivity contribution >= 4 is 28.0 Å². The van der Waals surface area contributed by atoms with E-state index in [1.165, 1.54) is 11.3 Å². The van der Waals surface area contributed by atoms with Gasteiger partial charge in [0, 0.05) is 30.3 Å². The minimum Gasteiger partial charge on any atom is -0.301 e. The van der Waals surface area contributed by atoms with E-state index in [4.69, 9.17) is 0 Å². The van der Waals surface area contributed by atoms with Crippen molar-refractivity contribution in [2.75, 3.05) is 5.32 Å². The van der Waals surface area contributed by atoms with Crippen LogP contribution in [0.5, 0.6) is 0 Å². The highest BCUT2D eigenvalue weighted by Crippen LogP contribution is 2.19. The van der Waals surface area contributed by atoms with E-state index in [9.17, 15) is 4.79 Å². The molecule has 1 amide bonds. The topological polar surface area (TPSA) is 85.1 Å². The first-order valence-corrected chi connectivity index (χ1v) is 9.74. The van der Waals surface area contributed by atoms with E-state index in [2.05, 4.69) is 32.5 Å². The minimum atomic E-state index is -0.0567. The van der Waals surface area contributed by atoms with Crippen LogP contribution in [0.25, 0.3) is 5.65 Å². The molecule has 0 aliphatic carbocycles. The van der Waals surface area contributed by atoms with E-state index in [0.717, 1.165) is 52.6 Å². The Morgan fingerprint density at radius 2 is 2.04 bits per heavy atom. The lowest BCUT2D eigenvalue weighted by atomic mass is 10.1. The van der Waals surface area contributed by atoms with Gasteiger partial charge < -0.3 is 5.32 Å². The Hall–Kier alpha value is -2.35. The van der Waals surface area contributed by atoms with E-state index >= 15 is 0 Å². The minimum absolute atomic E-state index is 0.0567.